The van der Waals surface area contributed by atoms with Crippen LogP contribution >= 0.6 is 0 Å². The zero-order valence-corrected chi connectivity index (χ0v) is 11.0. The molecule has 3 unspecified atom stereocenters. The summed E-state index contributed by atoms with van der Waals surface area (Å²) in [6.45, 7) is 3.10. The van der Waals surface area contributed by atoms with Crippen molar-refractivity contribution in [2.24, 2.45) is 16.3 Å². The molecule has 19 heavy (non-hydrogen) atoms. The zero-order valence-electron chi connectivity index (χ0n) is 11.0. The standard InChI is InChI=1S/C12H19F2N3O2/c1-12(2,11(13)14)10(18)8-5-7-6-15-4-3-9(7)19-17-16-8/h4,7-9,11,16-17H,3,5-6H2,1-2H3. The number of nitrogens with zero attached hydrogens (tertiary/aromatic N) is 1. The molecule has 0 aliphatic carbocycles. The molecule has 0 spiro atoms. The van der Waals surface area contributed by atoms with Crippen LogP contribution in [-0.4, -0.2) is 37.1 Å². The molecule has 2 N–H and O–H groups in total. The summed E-state index contributed by atoms with van der Waals surface area (Å²) in [5.74, 6) is -0.441. The Morgan fingerprint density at radius 2 is 2.26 bits per heavy atom. The number of Topliss-reactive ketones (excluding diaryl/α,β-unsaturated/α-hetero) is 1. The third-order valence-electron chi connectivity index (χ3n) is 3.81. The van der Waals surface area contributed by atoms with Gasteiger partial charge >= 0.3 is 0 Å². The van der Waals surface area contributed by atoms with Crippen molar-refractivity contribution >= 4 is 12.0 Å². The maximum Gasteiger partial charge on any atom is 0.250 e. The maximum atomic E-state index is 12.9. The molecule has 7 heteroatoms. The van der Waals surface area contributed by atoms with Gasteiger partial charge < -0.3 is 0 Å². The van der Waals surface area contributed by atoms with Crippen molar-refractivity contribution in [3.8, 4) is 0 Å². The van der Waals surface area contributed by atoms with Crippen molar-refractivity contribution in [1.29, 1.82) is 0 Å². The van der Waals surface area contributed by atoms with Gasteiger partial charge in [-0.15, -0.1) is 5.59 Å². The minimum atomic E-state index is -2.69. The van der Waals surface area contributed by atoms with Gasteiger partial charge in [-0.05, 0) is 20.3 Å². The van der Waals surface area contributed by atoms with Crippen molar-refractivity contribution in [3.63, 3.8) is 0 Å². The first-order valence-corrected chi connectivity index (χ1v) is 6.40. The van der Waals surface area contributed by atoms with Gasteiger partial charge in [0.25, 0.3) is 6.43 Å². The predicted octanol–water partition coefficient (Wildman–Crippen LogP) is 1.10. The Bertz CT molecular complexity index is 374. The van der Waals surface area contributed by atoms with E-state index in [9.17, 15) is 13.6 Å². The summed E-state index contributed by atoms with van der Waals surface area (Å²) in [6, 6.07) is -0.688. The number of carbonyl (C=O) groups is 1. The van der Waals surface area contributed by atoms with Crippen LogP contribution in [0.1, 0.15) is 26.7 Å². The van der Waals surface area contributed by atoms with Gasteiger partial charge in [-0.1, -0.05) is 0 Å². The van der Waals surface area contributed by atoms with Crippen LogP contribution in [0.2, 0.25) is 0 Å². The number of hydrazine groups is 1. The first-order valence-electron chi connectivity index (χ1n) is 6.40. The van der Waals surface area contributed by atoms with E-state index in [-0.39, 0.29) is 12.0 Å². The summed E-state index contributed by atoms with van der Waals surface area (Å²) in [7, 11) is 0. The minimum Gasteiger partial charge on any atom is -0.297 e. The lowest BCUT2D eigenvalue weighted by atomic mass is 9.80. The summed E-state index contributed by atoms with van der Waals surface area (Å²) in [4.78, 5) is 21.8. The number of hydrogen-bond donors (Lipinski definition) is 2. The highest BCUT2D eigenvalue weighted by Crippen LogP contribution is 2.30. The van der Waals surface area contributed by atoms with E-state index in [2.05, 4.69) is 16.0 Å². The molecule has 2 aliphatic heterocycles. The van der Waals surface area contributed by atoms with Crippen molar-refractivity contribution < 1.29 is 18.4 Å². The molecule has 108 valence electrons. The second-order valence-corrected chi connectivity index (χ2v) is 5.62. The fourth-order valence-corrected chi connectivity index (χ4v) is 2.34. The number of ketones is 1. The number of alkyl halides is 2. The Balaban J connectivity index is 2.08. The molecular weight excluding hydrogens is 256 g/mol. The number of aliphatic imine (C=N–C) groups is 1. The Labute approximate surface area is 110 Å². The van der Waals surface area contributed by atoms with Crippen LogP contribution in [0, 0.1) is 11.3 Å². The highest BCUT2D eigenvalue weighted by atomic mass is 19.3. The first-order chi connectivity index (χ1) is 8.93. The number of rotatable bonds is 3. The molecule has 3 atom stereocenters. The fraction of sp³-hybridized carbons (Fsp3) is 0.833. The van der Waals surface area contributed by atoms with E-state index >= 15 is 0 Å². The zero-order chi connectivity index (χ0) is 14.0. The largest absolute Gasteiger partial charge is 0.297 e. The van der Waals surface area contributed by atoms with Crippen LogP contribution in [0.15, 0.2) is 4.99 Å². The second-order valence-electron chi connectivity index (χ2n) is 5.62. The van der Waals surface area contributed by atoms with Crippen LogP contribution < -0.4 is 11.0 Å². The van der Waals surface area contributed by atoms with Crippen LogP contribution in [0.4, 0.5) is 8.78 Å². The van der Waals surface area contributed by atoms with E-state index in [1.807, 2.05) is 0 Å². The van der Waals surface area contributed by atoms with Crippen LogP contribution in [0.25, 0.3) is 0 Å². The Hall–Kier alpha value is -0.920. The summed E-state index contributed by atoms with van der Waals surface area (Å²) in [6.07, 6.45) is 0.139. The van der Waals surface area contributed by atoms with E-state index in [0.29, 0.717) is 19.4 Å². The molecule has 2 rings (SSSR count). The predicted molar refractivity (Wildman–Crippen MR) is 65.8 cm³/mol. The quantitative estimate of drug-likeness (QED) is 0.810. The number of fused-ring (bicyclic) bond motifs is 1. The lowest BCUT2D eigenvalue weighted by molar-refractivity contribution is -0.138. The molecule has 0 radical (unpaired) electrons. The van der Waals surface area contributed by atoms with E-state index in [0.717, 1.165) is 0 Å². The van der Waals surface area contributed by atoms with Gasteiger partial charge in [-0.25, -0.2) is 14.2 Å². The lowest BCUT2D eigenvalue weighted by Crippen LogP contribution is -2.50. The monoisotopic (exact) mass is 275 g/mol. The molecule has 0 amide bonds. The summed E-state index contributed by atoms with van der Waals surface area (Å²) < 4.78 is 25.9. The van der Waals surface area contributed by atoms with E-state index < -0.39 is 23.7 Å². The summed E-state index contributed by atoms with van der Waals surface area (Å²) in [5, 5.41) is 0. The second kappa shape index (κ2) is 5.60. The summed E-state index contributed by atoms with van der Waals surface area (Å²) in [5.41, 5.74) is 3.53. The van der Waals surface area contributed by atoms with Gasteiger partial charge in [-0.3, -0.25) is 14.6 Å². The molecule has 0 saturated carbocycles. The minimum absolute atomic E-state index is 0.0647. The topological polar surface area (TPSA) is 62.7 Å². The molecule has 5 nitrogen and oxygen atoms in total. The lowest BCUT2D eigenvalue weighted by Gasteiger charge is -2.29. The SMILES string of the molecule is CC(C)(C(=O)C1CC2CN=CCC2ONN1)C(F)F. The van der Waals surface area contributed by atoms with Crippen LogP contribution in [0.5, 0.6) is 0 Å². The summed E-state index contributed by atoms with van der Waals surface area (Å²) >= 11 is 0. The molecule has 2 aliphatic rings. The highest BCUT2D eigenvalue weighted by Gasteiger charge is 2.43. The molecule has 0 aromatic rings. The molecular formula is C12H19F2N3O2. The average molecular weight is 275 g/mol. The van der Waals surface area contributed by atoms with Crippen molar-refractivity contribution in [1.82, 2.24) is 11.0 Å². The van der Waals surface area contributed by atoms with E-state index in [1.165, 1.54) is 13.8 Å². The van der Waals surface area contributed by atoms with Crippen molar-refractivity contribution in [2.75, 3.05) is 6.54 Å². The average Bonchev–Trinajstić information content (AvgIpc) is 2.59. The molecule has 1 saturated heterocycles. The fourth-order valence-electron chi connectivity index (χ4n) is 2.34. The van der Waals surface area contributed by atoms with E-state index in [1.54, 1.807) is 6.21 Å². The van der Waals surface area contributed by atoms with Crippen LogP contribution in [-0.2, 0) is 9.63 Å². The molecule has 0 bridgehead atoms. The number of hydrogen-bond acceptors (Lipinski definition) is 5. The van der Waals surface area contributed by atoms with Gasteiger partial charge in [0.05, 0.1) is 17.6 Å². The normalized spacial score (nSPS) is 31.9. The van der Waals surface area contributed by atoms with Gasteiger partial charge in [0.2, 0.25) is 0 Å². The van der Waals surface area contributed by atoms with Crippen LogP contribution in [0.3, 0.4) is 0 Å². The van der Waals surface area contributed by atoms with Gasteiger partial charge in [0, 0.05) is 25.1 Å². The van der Waals surface area contributed by atoms with Gasteiger partial charge in [-0.2, -0.15) is 0 Å². The van der Waals surface area contributed by atoms with Crippen molar-refractivity contribution in [2.45, 2.75) is 45.3 Å². The Kier molecular flexibility index (Phi) is 4.27. The number of carbonyl (C=O) groups excluding carboxylic acids is 1. The third kappa shape index (κ3) is 2.98. The smallest absolute Gasteiger partial charge is 0.250 e. The first kappa shape index (κ1) is 14.5. The third-order valence-corrected chi connectivity index (χ3v) is 3.81. The molecule has 0 aromatic heterocycles. The maximum absolute atomic E-state index is 12.9. The Morgan fingerprint density at radius 1 is 1.53 bits per heavy atom. The van der Waals surface area contributed by atoms with E-state index in [4.69, 9.17) is 4.84 Å². The molecule has 0 aromatic carbocycles. The molecule has 2 heterocycles. The van der Waals surface area contributed by atoms with Crippen molar-refractivity contribution in [3.05, 3.63) is 0 Å². The molecule has 1 fully saturated rings. The number of halogens is 2. The van der Waals surface area contributed by atoms with Gasteiger partial charge in [0.1, 0.15) is 0 Å². The van der Waals surface area contributed by atoms with Gasteiger partial charge in [0.15, 0.2) is 5.78 Å². The Morgan fingerprint density at radius 3 is 2.95 bits per heavy atom. The number of nitrogens with one attached hydrogen (secondary N) is 2. The highest BCUT2D eigenvalue weighted by molar-refractivity contribution is 5.89.